The number of benzene rings is 2. The number of nitrogens with one attached hydrogen (secondary N) is 1. The van der Waals surface area contributed by atoms with Crippen LogP contribution in [0.3, 0.4) is 0 Å². The number of fused-ring (bicyclic) bond motifs is 5. The van der Waals surface area contributed by atoms with E-state index in [2.05, 4.69) is 81.8 Å². The van der Waals surface area contributed by atoms with Gasteiger partial charge in [0.25, 0.3) is 0 Å². The summed E-state index contributed by atoms with van der Waals surface area (Å²) < 4.78 is 24.1. The second kappa shape index (κ2) is 15.2. The Kier molecular flexibility index (Phi) is 10.6. The highest BCUT2D eigenvalue weighted by atomic mass is 28.3. The minimum Gasteiger partial charge on any atom is -0.465 e. The van der Waals surface area contributed by atoms with Crippen LogP contribution in [-0.4, -0.2) is 99.6 Å². The smallest absolute Gasteiger partial charge is 0.407 e. The van der Waals surface area contributed by atoms with Crippen LogP contribution in [0.15, 0.2) is 30.3 Å². The molecule has 0 spiro atoms. The standard InChI is InChI=1S/C45H60FN7O3Si/c1-9-30-20-45(21-31(10-2)23-52(45)22-30)26-56-43-47-41-36(42(48-43)51-24-33-14-15-34(25-51)53(33)44(54)55)17-16-35(39(41)46)40-38-32(12-11-13-37(38)49-50-40)18-19-57(27(3)4,28(5)6)29(7)8/h11-13,16-17,27-31,33-34H,9-10,14-15,20-26H2,1-8H3,(H,49,50)(H,54,55)/t30?,31?,33-,34+,45?. The summed E-state index contributed by atoms with van der Waals surface area (Å²) in [7, 11) is -2.05. The zero-order valence-electron chi connectivity index (χ0n) is 35.0. The van der Waals surface area contributed by atoms with Crippen LogP contribution in [0.4, 0.5) is 15.0 Å². The van der Waals surface area contributed by atoms with E-state index in [9.17, 15) is 9.90 Å². The monoisotopic (exact) mass is 793 g/mol. The molecule has 4 atom stereocenters. The molecule has 2 N–H and O–H groups in total. The molecule has 10 nitrogen and oxygen atoms in total. The topological polar surface area (TPSA) is 111 Å². The Hall–Kier alpha value is -4.21. The summed E-state index contributed by atoms with van der Waals surface area (Å²) >= 11 is 0. The van der Waals surface area contributed by atoms with Gasteiger partial charge < -0.3 is 14.7 Å². The number of amides is 1. The fraction of sp³-hybridized carbons (Fsp3) is 0.600. The minimum atomic E-state index is -2.05. The Bertz CT molecular complexity index is 2180. The maximum Gasteiger partial charge on any atom is 0.407 e. The first-order valence-electron chi connectivity index (χ1n) is 21.4. The van der Waals surface area contributed by atoms with Crippen molar-refractivity contribution in [3.05, 3.63) is 41.7 Å². The molecule has 8 rings (SSSR count). The Morgan fingerprint density at radius 1 is 0.965 bits per heavy atom. The highest BCUT2D eigenvalue weighted by Crippen LogP contribution is 2.47. The molecule has 4 aliphatic heterocycles. The number of hydrogen-bond donors (Lipinski definition) is 2. The van der Waals surface area contributed by atoms with Gasteiger partial charge in [0.2, 0.25) is 0 Å². The Balaban J connectivity index is 1.23. The van der Waals surface area contributed by atoms with Crippen molar-refractivity contribution in [3.8, 4) is 28.7 Å². The number of anilines is 1. The largest absolute Gasteiger partial charge is 0.465 e. The van der Waals surface area contributed by atoms with Crippen LogP contribution in [0, 0.1) is 29.1 Å². The van der Waals surface area contributed by atoms with Crippen molar-refractivity contribution in [2.75, 3.05) is 37.7 Å². The van der Waals surface area contributed by atoms with Crippen molar-refractivity contribution in [1.29, 1.82) is 0 Å². The van der Waals surface area contributed by atoms with Crippen LogP contribution in [0.5, 0.6) is 6.01 Å². The van der Waals surface area contributed by atoms with E-state index in [0.29, 0.717) is 70.6 Å². The lowest BCUT2D eigenvalue weighted by molar-refractivity contribution is 0.107. The van der Waals surface area contributed by atoms with Gasteiger partial charge in [0.1, 0.15) is 31.7 Å². The highest BCUT2D eigenvalue weighted by Gasteiger charge is 2.51. The van der Waals surface area contributed by atoms with Gasteiger partial charge in [-0.05, 0) is 78.4 Å². The van der Waals surface area contributed by atoms with Crippen LogP contribution in [-0.2, 0) is 0 Å². The first kappa shape index (κ1) is 39.6. The molecule has 0 saturated carbocycles. The molecule has 4 saturated heterocycles. The molecule has 0 aliphatic carbocycles. The second-order valence-corrected chi connectivity index (χ2v) is 24.0. The molecule has 0 radical (unpaired) electrons. The van der Waals surface area contributed by atoms with E-state index in [1.807, 2.05) is 24.3 Å². The van der Waals surface area contributed by atoms with Gasteiger partial charge in [-0.2, -0.15) is 15.1 Å². The number of piperazine rings is 1. The van der Waals surface area contributed by atoms with E-state index >= 15 is 4.39 Å². The van der Waals surface area contributed by atoms with Crippen molar-refractivity contribution in [2.45, 2.75) is 128 Å². The number of aromatic amines is 1. The molecule has 2 aromatic heterocycles. The molecule has 2 unspecified atom stereocenters. The molecular formula is C45H60FN7O3Si. The van der Waals surface area contributed by atoms with E-state index in [1.165, 1.54) is 0 Å². The van der Waals surface area contributed by atoms with Gasteiger partial charge in [-0.15, -0.1) is 5.54 Å². The minimum absolute atomic E-state index is 0.0843. The molecule has 2 aromatic carbocycles. The van der Waals surface area contributed by atoms with Crippen LogP contribution in [0.25, 0.3) is 33.1 Å². The van der Waals surface area contributed by atoms with Gasteiger partial charge in [-0.1, -0.05) is 80.2 Å². The predicted molar refractivity (Wildman–Crippen MR) is 228 cm³/mol. The van der Waals surface area contributed by atoms with Crippen molar-refractivity contribution in [1.82, 2.24) is 30.0 Å². The summed E-state index contributed by atoms with van der Waals surface area (Å²) in [6.45, 7) is 21.9. The molecule has 2 bridgehead atoms. The normalized spacial score (nSPS) is 25.0. The number of ether oxygens (including phenoxy) is 1. The molecule has 57 heavy (non-hydrogen) atoms. The molecule has 304 valence electrons. The number of halogens is 1. The van der Waals surface area contributed by atoms with Gasteiger partial charge in [-0.3, -0.25) is 14.9 Å². The second-order valence-electron chi connectivity index (χ2n) is 18.5. The van der Waals surface area contributed by atoms with Gasteiger partial charge in [-0.25, -0.2) is 9.18 Å². The molecule has 1 amide bonds. The molecule has 4 aromatic rings. The summed E-state index contributed by atoms with van der Waals surface area (Å²) in [6.07, 6.45) is 5.12. The van der Waals surface area contributed by atoms with E-state index in [-0.39, 0.29) is 29.1 Å². The van der Waals surface area contributed by atoms with Crippen LogP contribution < -0.4 is 9.64 Å². The van der Waals surface area contributed by atoms with Crippen molar-refractivity contribution in [3.63, 3.8) is 0 Å². The third-order valence-corrected chi connectivity index (χ3v) is 20.8. The number of H-pyrrole nitrogens is 1. The maximum atomic E-state index is 17.5. The van der Waals surface area contributed by atoms with Crippen LogP contribution in [0.2, 0.25) is 16.6 Å². The SMILES string of the molecule is CCC1CN2CC(CC)CC2(COc2nc(N3C[C@H]4CC[C@@H](C3)N4C(=O)O)c3ccc(-c4n[nH]c5cccc(C#C[Si](C(C)C)(C(C)C)C(C)C)c45)c(F)c3n2)C1. The van der Waals surface area contributed by atoms with E-state index < -0.39 is 20.0 Å². The van der Waals surface area contributed by atoms with E-state index in [0.717, 1.165) is 68.1 Å². The Morgan fingerprint density at radius 2 is 1.61 bits per heavy atom. The molecule has 4 aliphatic rings. The Morgan fingerprint density at radius 3 is 2.21 bits per heavy atom. The lowest BCUT2D eigenvalue weighted by Gasteiger charge is -2.40. The number of rotatable bonds is 10. The number of aromatic nitrogens is 4. The van der Waals surface area contributed by atoms with Crippen molar-refractivity contribution in [2.24, 2.45) is 11.8 Å². The summed E-state index contributed by atoms with van der Waals surface area (Å²) in [5, 5.41) is 19.3. The number of carboxylic acid groups (broad SMARTS) is 1. The molecular weight excluding hydrogens is 734 g/mol. The summed E-state index contributed by atoms with van der Waals surface area (Å²) in [4.78, 5) is 28.4. The average molecular weight is 794 g/mol. The molecule has 4 fully saturated rings. The van der Waals surface area contributed by atoms with E-state index in [4.69, 9.17) is 19.8 Å². The number of nitrogens with zero attached hydrogens (tertiary/aromatic N) is 6. The van der Waals surface area contributed by atoms with Crippen LogP contribution in [0.1, 0.15) is 99.5 Å². The predicted octanol–water partition coefficient (Wildman–Crippen LogP) is 9.49. The van der Waals surface area contributed by atoms with Gasteiger partial charge in [0.05, 0.1) is 23.1 Å². The number of hydrogen-bond acceptors (Lipinski definition) is 7. The van der Waals surface area contributed by atoms with Crippen molar-refractivity contribution < 1.29 is 19.0 Å². The Labute approximate surface area is 338 Å². The van der Waals surface area contributed by atoms with E-state index in [1.54, 1.807) is 11.0 Å². The summed E-state index contributed by atoms with van der Waals surface area (Å²) in [5.41, 5.74) is 7.85. The lowest BCUT2D eigenvalue weighted by atomic mass is 9.86. The quantitative estimate of drug-likeness (QED) is 0.121. The zero-order valence-corrected chi connectivity index (χ0v) is 36.0. The third kappa shape index (κ3) is 6.66. The van der Waals surface area contributed by atoms with Crippen molar-refractivity contribution >= 4 is 41.8 Å². The fourth-order valence-electron chi connectivity index (χ4n) is 11.6. The first-order chi connectivity index (χ1) is 27.3. The van der Waals surface area contributed by atoms with Crippen LogP contribution >= 0.6 is 0 Å². The average Bonchev–Trinajstić information content (AvgIpc) is 3.92. The lowest BCUT2D eigenvalue weighted by Crippen LogP contribution is -2.55. The first-order valence-corrected chi connectivity index (χ1v) is 23.7. The third-order valence-electron chi connectivity index (χ3n) is 14.5. The van der Waals surface area contributed by atoms with Gasteiger partial charge >= 0.3 is 12.1 Å². The summed E-state index contributed by atoms with van der Waals surface area (Å²) in [5.74, 6) is 4.96. The molecule has 6 heterocycles. The van der Waals surface area contributed by atoms with Gasteiger partial charge in [0, 0.05) is 48.1 Å². The van der Waals surface area contributed by atoms with Gasteiger partial charge in [0.15, 0.2) is 5.82 Å². The number of carbonyl (C=O) groups is 1. The fourth-order valence-corrected chi connectivity index (χ4v) is 16.8. The zero-order chi connectivity index (χ0) is 40.4. The molecule has 12 heteroatoms. The highest BCUT2D eigenvalue weighted by molar-refractivity contribution is 6.90. The summed E-state index contributed by atoms with van der Waals surface area (Å²) in [6, 6.07) is 9.50. The maximum absolute atomic E-state index is 17.5.